The molecule has 0 aliphatic carbocycles. The Labute approximate surface area is 212 Å². The zero-order valence-corrected chi connectivity index (χ0v) is 21.0. The molecule has 0 saturated heterocycles. The first-order chi connectivity index (χ1) is 17.3. The highest BCUT2D eigenvalue weighted by Gasteiger charge is 2.25. The van der Waals surface area contributed by atoms with Crippen LogP contribution in [0.4, 0.5) is 11.4 Å². The standard InChI is InChI=1S/C29H28N2O4S/c1-22-12-18-27(19-13-22)36(33,34)31(20-24-9-4-3-5-10-24)25-14-16-26(17-15-25)35-21-29(32)30-28-11-7-6-8-23(28)2/h3-19H,20-21H2,1-2H3,(H,30,32). The van der Waals surface area contributed by atoms with Crippen LogP contribution in [-0.2, 0) is 21.4 Å². The van der Waals surface area contributed by atoms with Crippen molar-refractivity contribution < 1.29 is 17.9 Å². The van der Waals surface area contributed by atoms with E-state index < -0.39 is 10.0 Å². The van der Waals surface area contributed by atoms with E-state index in [0.717, 1.165) is 22.4 Å². The van der Waals surface area contributed by atoms with Crippen LogP contribution in [0.5, 0.6) is 5.75 Å². The van der Waals surface area contributed by atoms with E-state index in [-0.39, 0.29) is 24.0 Å². The number of rotatable bonds is 9. The van der Waals surface area contributed by atoms with Crippen molar-refractivity contribution in [2.45, 2.75) is 25.3 Å². The maximum atomic E-state index is 13.6. The van der Waals surface area contributed by atoms with E-state index in [1.165, 1.54) is 4.31 Å². The summed E-state index contributed by atoms with van der Waals surface area (Å²) < 4.78 is 34.2. The van der Waals surface area contributed by atoms with Crippen LogP contribution in [-0.4, -0.2) is 20.9 Å². The smallest absolute Gasteiger partial charge is 0.264 e. The predicted molar refractivity (Wildman–Crippen MR) is 143 cm³/mol. The minimum atomic E-state index is -3.82. The molecule has 0 saturated carbocycles. The number of anilines is 2. The molecule has 0 aliphatic rings. The highest BCUT2D eigenvalue weighted by Crippen LogP contribution is 2.28. The van der Waals surface area contributed by atoms with Crippen molar-refractivity contribution in [1.29, 1.82) is 0 Å². The molecule has 4 rings (SSSR count). The molecule has 7 heteroatoms. The summed E-state index contributed by atoms with van der Waals surface area (Å²) in [5.74, 6) is 0.187. The third kappa shape index (κ3) is 6.12. The second kappa shape index (κ2) is 11.1. The van der Waals surface area contributed by atoms with Gasteiger partial charge in [0.15, 0.2) is 6.61 Å². The zero-order chi connectivity index (χ0) is 25.5. The van der Waals surface area contributed by atoms with Crippen LogP contribution in [0.2, 0.25) is 0 Å². The van der Waals surface area contributed by atoms with Crippen molar-refractivity contribution in [3.8, 4) is 5.75 Å². The molecule has 0 aliphatic heterocycles. The van der Waals surface area contributed by atoms with Gasteiger partial charge in [0.05, 0.1) is 17.1 Å². The van der Waals surface area contributed by atoms with Crippen LogP contribution in [0.25, 0.3) is 0 Å². The molecule has 0 bridgehead atoms. The summed E-state index contributed by atoms with van der Waals surface area (Å²) in [5.41, 5.74) is 4.04. The molecule has 0 unspecified atom stereocenters. The van der Waals surface area contributed by atoms with Crippen molar-refractivity contribution in [3.63, 3.8) is 0 Å². The number of ether oxygens (including phenoxy) is 1. The minimum Gasteiger partial charge on any atom is -0.484 e. The Bertz CT molecular complexity index is 1420. The molecule has 0 radical (unpaired) electrons. The quantitative estimate of drug-likeness (QED) is 0.319. The molecule has 0 fully saturated rings. The van der Waals surface area contributed by atoms with Gasteiger partial charge < -0.3 is 10.1 Å². The fraction of sp³-hybridized carbons (Fsp3) is 0.138. The summed E-state index contributed by atoms with van der Waals surface area (Å²) in [6.07, 6.45) is 0. The number of carbonyl (C=O) groups excluding carboxylic acids is 1. The Morgan fingerprint density at radius 2 is 1.44 bits per heavy atom. The predicted octanol–water partition coefficient (Wildman–Crippen LogP) is 5.72. The highest BCUT2D eigenvalue weighted by atomic mass is 32.2. The van der Waals surface area contributed by atoms with Crippen molar-refractivity contribution in [1.82, 2.24) is 0 Å². The highest BCUT2D eigenvalue weighted by molar-refractivity contribution is 7.92. The number of hydrogen-bond acceptors (Lipinski definition) is 4. The topological polar surface area (TPSA) is 75.7 Å². The van der Waals surface area contributed by atoms with Crippen molar-refractivity contribution >= 4 is 27.3 Å². The molecule has 1 amide bonds. The van der Waals surface area contributed by atoms with Gasteiger partial charge in [0.1, 0.15) is 5.75 Å². The van der Waals surface area contributed by atoms with E-state index in [1.807, 2.05) is 68.4 Å². The Balaban J connectivity index is 1.52. The average Bonchev–Trinajstić information content (AvgIpc) is 2.89. The number of amides is 1. The summed E-state index contributed by atoms with van der Waals surface area (Å²) in [5, 5.41) is 2.83. The van der Waals surface area contributed by atoms with Gasteiger partial charge in [-0.05, 0) is 67.4 Å². The first-order valence-electron chi connectivity index (χ1n) is 11.5. The number of aryl methyl sites for hydroxylation is 2. The third-order valence-corrected chi connectivity index (χ3v) is 7.48. The third-order valence-electron chi connectivity index (χ3n) is 5.69. The summed E-state index contributed by atoms with van der Waals surface area (Å²) in [6.45, 7) is 3.85. The number of hydrogen-bond donors (Lipinski definition) is 1. The molecule has 0 atom stereocenters. The minimum absolute atomic E-state index is 0.164. The van der Waals surface area contributed by atoms with Gasteiger partial charge in [-0.25, -0.2) is 8.42 Å². The van der Waals surface area contributed by atoms with Crippen LogP contribution in [0.3, 0.4) is 0 Å². The first kappa shape index (κ1) is 25.0. The van der Waals surface area contributed by atoms with Gasteiger partial charge in [0.2, 0.25) is 0 Å². The molecular weight excluding hydrogens is 472 g/mol. The van der Waals surface area contributed by atoms with Crippen molar-refractivity contribution in [2.75, 3.05) is 16.2 Å². The molecule has 4 aromatic carbocycles. The average molecular weight is 501 g/mol. The summed E-state index contributed by atoms with van der Waals surface area (Å²) in [6, 6.07) is 30.4. The van der Waals surface area contributed by atoms with E-state index in [1.54, 1.807) is 48.5 Å². The maximum Gasteiger partial charge on any atom is 0.264 e. The van der Waals surface area contributed by atoms with Gasteiger partial charge in [0, 0.05) is 5.69 Å². The number of benzene rings is 4. The lowest BCUT2D eigenvalue weighted by molar-refractivity contribution is -0.118. The second-order valence-corrected chi connectivity index (χ2v) is 10.3. The molecule has 1 N–H and O–H groups in total. The largest absolute Gasteiger partial charge is 0.484 e. The zero-order valence-electron chi connectivity index (χ0n) is 20.2. The fourth-order valence-corrected chi connectivity index (χ4v) is 5.11. The Hall–Kier alpha value is -4.10. The van der Waals surface area contributed by atoms with Crippen molar-refractivity contribution in [2.24, 2.45) is 0 Å². The number of para-hydroxylation sites is 1. The fourth-order valence-electron chi connectivity index (χ4n) is 3.66. The van der Waals surface area contributed by atoms with Gasteiger partial charge >= 0.3 is 0 Å². The number of carbonyl (C=O) groups is 1. The lowest BCUT2D eigenvalue weighted by Crippen LogP contribution is -2.30. The number of nitrogens with one attached hydrogen (secondary N) is 1. The van der Waals surface area contributed by atoms with Gasteiger partial charge in [0.25, 0.3) is 15.9 Å². The van der Waals surface area contributed by atoms with E-state index in [9.17, 15) is 13.2 Å². The van der Waals surface area contributed by atoms with Gasteiger partial charge in [-0.3, -0.25) is 9.10 Å². The monoisotopic (exact) mass is 500 g/mol. The Morgan fingerprint density at radius 3 is 2.11 bits per heavy atom. The van der Waals surface area contributed by atoms with Crippen LogP contribution in [0.15, 0.2) is 108 Å². The molecule has 36 heavy (non-hydrogen) atoms. The Kier molecular flexibility index (Phi) is 7.71. The van der Waals surface area contributed by atoms with Gasteiger partial charge in [-0.1, -0.05) is 66.2 Å². The van der Waals surface area contributed by atoms with E-state index in [4.69, 9.17) is 4.74 Å². The second-order valence-electron chi connectivity index (χ2n) is 8.46. The molecule has 184 valence electrons. The summed E-state index contributed by atoms with van der Waals surface area (Å²) in [4.78, 5) is 12.5. The normalized spacial score (nSPS) is 11.1. The molecule has 0 heterocycles. The molecule has 4 aromatic rings. The van der Waals surface area contributed by atoms with E-state index in [0.29, 0.717) is 11.4 Å². The Morgan fingerprint density at radius 1 is 0.806 bits per heavy atom. The number of sulfonamides is 1. The van der Waals surface area contributed by atoms with Crippen LogP contribution in [0, 0.1) is 13.8 Å². The van der Waals surface area contributed by atoms with E-state index in [2.05, 4.69) is 5.32 Å². The van der Waals surface area contributed by atoms with E-state index >= 15 is 0 Å². The lowest BCUT2D eigenvalue weighted by atomic mass is 10.2. The number of nitrogens with zero attached hydrogens (tertiary/aromatic N) is 1. The maximum absolute atomic E-state index is 13.6. The molecule has 0 aromatic heterocycles. The van der Waals surface area contributed by atoms with Gasteiger partial charge in [-0.15, -0.1) is 0 Å². The van der Waals surface area contributed by atoms with Crippen LogP contribution >= 0.6 is 0 Å². The summed E-state index contributed by atoms with van der Waals surface area (Å²) >= 11 is 0. The SMILES string of the molecule is Cc1ccc(S(=O)(=O)N(Cc2ccccc2)c2ccc(OCC(=O)Nc3ccccc3C)cc2)cc1. The van der Waals surface area contributed by atoms with Crippen LogP contribution < -0.4 is 14.4 Å². The molecular formula is C29H28N2O4S. The van der Waals surface area contributed by atoms with Crippen molar-refractivity contribution in [3.05, 3.63) is 120 Å². The molecule has 6 nitrogen and oxygen atoms in total. The molecule has 0 spiro atoms. The summed E-state index contributed by atoms with van der Waals surface area (Å²) in [7, 11) is -3.82. The van der Waals surface area contributed by atoms with Crippen LogP contribution in [0.1, 0.15) is 16.7 Å². The van der Waals surface area contributed by atoms with Gasteiger partial charge in [-0.2, -0.15) is 0 Å². The first-order valence-corrected chi connectivity index (χ1v) is 13.0. The lowest BCUT2D eigenvalue weighted by Gasteiger charge is -2.25.